The van der Waals surface area contributed by atoms with E-state index in [4.69, 9.17) is 4.98 Å². The average molecular weight is 386 g/mol. The Hall–Kier alpha value is -3.14. The first-order valence-corrected chi connectivity index (χ1v) is 10.3. The molecule has 1 heterocycles. The van der Waals surface area contributed by atoms with Crippen LogP contribution in [-0.2, 0) is 17.8 Å². The number of hydrogen-bond acceptors (Lipinski definition) is 2. The van der Waals surface area contributed by atoms with E-state index in [0.29, 0.717) is 6.54 Å². The monoisotopic (exact) mass is 385 g/mol. The summed E-state index contributed by atoms with van der Waals surface area (Å²) >= 11 is 0. The lowest BCUT2D eigenvalue weighted by Gasteiger charge is -2.12. The molecule has 4 heteroatoms. The van der Waals surface area contributed by atoms with Crippen molar-refractivity contribution in [3.63, 3.8) is 0 Å². The van der Waals surface area contributed by atoms with Crippen LogP contribution in [-0.4, -0.2) is 22.0 Å². The smallest absolute Gasteiger partial charge is 0.222 e. The van der Waals surface area contributed by atoms with E-state index in [2.05, 4.69) is 70.5 Å². The fourth-order valence-electron chi connectivity index (χ4n) is 3.76. The lowest BCUT2D eigenvalue weighted by Crippen LogP contribution is -2.28. The molecular formula is C25H27N3O. The first-order chi connectivity index (χ1) is 14.1. The Labute approximate surface area is 171 Å². The molecule has 0 aliphatic carbocycles. The number of amides is 1. The Kier molecular flexibility index (Phi) is 5.61. The third-order valence-electron chi connectivity index (χ3n) is 5.34. The van der Waals surface area contributed by atoms with E-state index in [1.807, 2.05) is 19.9 Å². The molecule has 1 amide bonds. The normalized spacial score (nSPS) is 11.4. The zero-order chi connectivity index (χ0) is 20.2. The highest BCUT2D eigenvalue weighted by Gasteiger charge is 2.12. The predicted octanol–water partition coefficient (Wildman–Crippen LogP) is 4.94. The summed E-state index contributed by atoms with van der Waals surface area (Å²) in [6.45, 7) is 5.29. The third-order valence-corrected chi connectivity index (χ3v) is 5.34. The average Bonchev–Trinajstić information content (AvgIpc) is 3.08. The molecule has 0 saturated carbocycles. The molecule has 148 valence electrons. The second-order valence-electron chi connectivity index (χ2n) is 7.79. The fourth-order valence-corrected chi connectivity index (χ4v) is 3.76. The summed E-state index contributed by atoms with van der Waals surface area (Å²) in [6.07, 6.45) is 1.70. The lowest BCUT2D eigenvalue weighted by atomic mass is 10.0. The Morgan fingerprint density at radius 1 is 1.00 bits per heavy atom. The van der Waals surface area contributed by atoms with Crippen LogP contribution in [0.2, 0.25) is 0 Å². The van der Waals surface area contributed by atoms with Gasteiger partial charge in [0, 0.05) is 25.4 Å². The van der Waals surface area contributed by atoms with E-state index in [9.17, 15) is 4.79 Å². The van der Waals surface area contributed by atoms with Gasteiger partial charge in [0.25, 0.3) is 0 Å². The summed E-state index contributed by atoms with van der Waals surface area (Å²) in [5.41, 5.74) is 3.47. The van der Waals surface area contributed by atoms with Gasteiger partial charge in [-0.25, -0.2) is 4.98 Å². The number of imidazole rings is 1. The van der Waals surface area contributed by atoms with Gasteiger partial charge >= 0.3 is 0 Å². The van der Waals surface area contributed by atoms with Crippen LogP contribution in [0.4, 0.5) is 0 Å². The van der Waals surface area contributed by atoms with E-state index in [1.165, 1.54) is 16.3 Å². The second kappa shape index (κ2) is 8.48. The van der Waals surface area contributed by atoms with Crippen LogP contribution in [0.15, 0.2) is 66.7 Å². The maximum atomic E-state index is 11.8. The third kappa shape index (κ3) is 4.16. The molecule has 0 aliphatic rings. The number of aryl methyl sites for hydroxylation is 1. The molecule has 0 atom stereocenters. The van der Waals surface area contributed by atoms with Gasteiger partial charge in [0.1, 0.15) is 5.82 Å². The number of hydrogen-bond donors (Lipinski definition) is 1. The van der Waals surface area contributed by atoms with Crippen molar-refractivity contribution in [1.29, 1.82) is 0 Å². The fraction of sp³-hybridized carbons (Fsp3) is 0.280. The molecule has 1 aromatic heterocycles. The minimum atomic E-state index is 0.0194. The van der Waals surface area contributed by atoms with Crippen LogP contribution in [0.25, 0.3) is 21.8 Å². The number of aromatic nitrogens is 2. The standard InChI is InChI=1S/C25H27N3O/c1-18(2)25(29)26-16-8-15-24-27-22-13-5-6-14-23(22)28(24)17-20-11-7-10-19-9-3-4-12-21(19)20/h3-7,9-14,18H,8,15-17H2,1-2H3,(H,26,29). The predicted molar refractivity (Wildman–Crippen MR) is 119 cm³/mol. The zero-order valence-electron chi connectivity index (χ0n) is 17.1. The molecule has 29 heavy (non-hydrogen) atoms. The molecular weight excluding hydrogens is 358 g/mol. The van der Waals surface area contributed by atoms with E-state index >= 15 is 0 Å². The van der Waals surface area contributed by atoms with Crippen LogP contribution < -0.4 is 5.32 Å². The number of carbonyl (C=O) groups is 1. The van der Waals surface area contributed by atoms with Gasteiger partial charge in [0.15, 0.2) is 0 Å². The van der Waals surface area contributed by atoms with Gasteiger partial charge in [-0.1, -0.05) is 68.4 Å². The maximum Gasteiger partial charge on any atom is 0.222 e. The van der Waals surface area contributed by atoms with Gasteiger partial charge in [-0.2, -0.15) is 0 Å². The number of nitrogens with one attached hydrogen (secondary N) is 1. The van der Waals surface area contributed by atoms with Gasteiger partial charge in [-0.3, -0.25) is 4.79 Å². The van der Waals surface area contributed by atoms with Crippen molar-refractivity contribution in [2.24, 2.45) is 5.92 Å². The van der Waals surface area contributed by atoms with Crippen LogP contribution in [0, 0.1) is 5.92 Å². The van der Waals surface area contributed by atoms with E-state index in [-0.39, 0.29) is 11.8 Å². The van der Waals surface area contributed by atoms with Gasteiger partial charge in [0.2, 0.25) is 5.91 Å². The van der Waals surface area contributed by atoms with Crippen LogP contribution >= 0.6 is 0 Å². The minimum Gasteiger partial charge on any atom is -0.356 e. The topological polar surface area (TPSA) is 46.9 Å². The number of nitrogens with zero attached hydrogens (tertiary/aromatic N) is 2. The van der Waals surface area contributed by atoms with Crippen molar-refractivity contribution >= 4 is 27.7 Å². The number of para-hydroxylation sites is 2. The van der Waals surface area contributed by atoms with Crippen molar-refractivity contribution in [2.75, 3.05) is 6.54 Å². The van der Waals surface area contributed by atoms with Crippen molar-refractivity contribution in [2.45, 2.75) is 33.2 Å². The quantitative estimate of drug-likeness (QED) is 0.458. The first-order valence-electron chi connectivity index (χ1n) is 10.3. The molecule has 1 N–H and O–H groups in total. The molecule has 0 bridgehead atoms. The molecule has 0 saturated heterocycles. The molecule has 4 rings (SSSR count). The van der Waals surface area contributed by atoms with Crippen molar-refractivity contribution in [1.82, 2.24) is 14.9 Å². The summed E-state index contributed by atoms with van der Waals surface area (Å²) in [5.74, 6) is 1.19. The Morgan fingerprint density at radius 2 is 1.76 bits per heavy atom. The summed E-state index contributed by atoms with van der Waals surface area (Å²) in [4.78, 5) is 16.7. The molecule has 4 aromatic rings. The summed E-state index contributed by atoms with van der Waals surface area (Å²) < 4.78 is 2.32. The van der Waals surface area contributed by atoms with Gasteiger partial charge in [0.05, 0.1) is 11.0 Å². The highest BCUT2D eigenvalue weighted by molar-refractivity contribution is 5.86. The molecule has 0 fully saturated rings. The minimum absolute atomic E-state index is 0.0194. The SMILES string of the molecule is CC(C)C(=O)NCCCc1nc2ccccc2n1Cc1cccc2ccccc12. The lowest BCUT2D eigenvalue weighted by molar-refractivity contribution is -0.123. The van der Waals surface area contributed by atoms with Gasteiger partial charge in [-0.15, -0.1) is 0 Å². The maximum absolute atomic E-state index is 11.8. The summed E-state index contributed by atoms with van der Waals surface area (Å²) in [5, 5.41) is 5.54. The highest BCUT2D eigenvalue weighted by atomic mass is 16.1. The Bertz CT molecular complexity index is 1140. The zero-order valence-corrected chi connectivity index (χ0v) is 17.1. The van der Waals surface area contributed by atoms with Crippen LogP contribution in [0.1, 0.15) is 31.7 Å². The molecule has 0 spiro atoms. The van der Waals surface area contributed by atoms with Gasteiger partial charge in [-0.05, 0) is 34.9 Å². The second-order valence-corrected chi connectivity index (χ2v) is 7.79. The number of carbonyl (C=O) groups excluding carboxylic acids is 1. The molecule has 0 aliphatic heterocycles. The van der Waals surface area contributed by atoms with Crippen molar-refractivity contribution in [3.05, 3.63) is 78.1 Å². The highest BCUT2D eigenvalue weighted by Crippen LogP contribution is 2.23. The van der Waals surface area contributed by atoms with Crippen LogP contribution in [0.5, 0.6) is 0 Å². The largest absolute Gasteiger partial charge is 0.356 e. The number of benzene rings is 3. The van der Waals surface area contributed by atoms with Crippen molar-refractivity contribution < 1.29 is 4.79 Å². The molecule has 0 radical (unpaired) electrons. The van der Waals surface area contributed by atoms with Crippen LogP contribution in [0.3, 0.4) is 0 Å². The van der Waals surface area contributed by atoms with Crippen molar-refractivity contribution in [3.8, 4) is 0 Å². The van der Waals surface area contributed by atoms with E-state index < -0.39 is 0 Å². The molecule has 4 nitrogen and oxygen atoms in total. The van der Waals surface area contributed by atoms with E-state index in [0.717, 1.165) is 36.2 Å². The molecule has 3 aromatic carbocycles. The number of rotatable bonds is 7. The Balaban J connectivity index is 1.61. The Morgan fingerprint density at radius 3 is 2.62 bits per heavy atom. The number of fused-ring (bicyclic) bond motifs is 2. The summed E-state index contributed by atoms with van der Waals surface area (Å²) in [6, 6.07) is 23.3. The van der Waals surface area contributed by atoms with E-state index in [1.54, 1.807) is 0 Å². The molecule has 0 unspecified atom stereocenters. The first kappa shape index (κ1) is 19.2. The van der Waals surface area contributed by atoms with Gasteiger partial charge < -0.3 is 9.88 Å². The summed E-state index contributed by atoms with van der Waals surface area (Å²) in [7, 11) is 0.